The van der Waals surface area contributed by atoms with E-state index in [1.807, 2.05) is 14.1 Å². The number of nitrogens with zero attached hydrogens (tertiary/aromatic N) is 1. The van der Waals surface area contributed by atoms with Gasteiger partial charge in [-0.05, 0) is 68.1 Å². The van der Waals surface area contributed by atoms with Gasteiger partial charge in [-0.25, -0.2) is 0 Å². The molecule has 29 heavy (non-hydrogen) atoms. The lowest BCUT2D eigenvalue weighted by Gasteiger charge is -2.33. The standard InChI is InChI=1S/C23H28Cl2N2O2/c1-27(2)13-14-3-5-16(6-4-14)17-7-8-21(28)18(12-17)22(29)11-15-9-19(24)23(26)20(25)10-15/h3-6,9-10,17-18,21,28H,7-8,11-13,26H2,1-2H3. The average molecular weight is 435 g/mol. The van der Waals surface area contributed by atoms with Crippen molar-refractivity contribution in [3.05, 3.63) is 63.1 Å². The lowest BCUT2D eigenvalue weighted by Crippen LogP contribution is -2.35. The van der Waals surface area contributed by atoms with Crippen LogP contribution in [-0.4, -0.2) is 36.0 Å². The average Bonchev–Trinajstić information content (AvgIpc) is 2.66. The number of nitrogens with two attached hydrogens (primary N) is 1. The lowest BCUT2D eigenvalue weighted by molar-refractivity contribution is -0.127. The molecular formula is C23H28Cl2N2O2. The summed E-state index contributed by atoms with van der Waals surface area (Å²) >= 11 is 12.2. The van der Waals surface area contributed by atoms with Crippen molar-refractivity contribution in [2.24, 2.45) is 5.92 Å². The van der Waals surface area contributed by atoms with Crippen molar-refractivity contribution in [3.63, 3.8) is 0 Å². The van der Waals surface area contributed by atoms with E-state index in [0.717, 1.165) is 18.5 Å². The molecule has 0 heterocycles. The Morgan fingerprint density at radius 3 is 2.31 bits per heavy atom. The fraction of sp³-hybridized carbons (Fsp3) is 0.435. The summed E-state index contributed by atoms with van der Waals surface area (Å²) in [6.45, 7) is 0.900. The van der Waals surface area contributed by atoms with Crippen molar-refractivity contribution in [1.82, 2.24) is 4.90 Å². The Bertz CT molecular complexity index is 845. The maximum atomic E-state index is 13.0. The Labute approximate surface area is 182 Å². The van der Waals surface area contributed by atoms with E-state index in [0.29, 0.717) is 28.6 Å². The van der Waals surface area contributed by atoms with Crippen LogP contribution in [0.3, 0.4) is 0 Å². The summed E-state index contributed by atoms with van der Waals surface area (Å²) in [5.74, 6) is -0.0898. The first-order valence-electron chi connectivity index (χ1n) is 9.92. The van der Waals surface area contributed by atoms with E-state index in [1.54, 1.807) is 12.1 Å². The minimum Gasteiger partial charge on any atom is -0.396 e. The number of hydrogen-bond acceptors (Lipinski definition) is 4. The Kier molecular flexibility index (Phi) is 7.23. The SMILES string of the molecule is CN(C)Cc1ccc(C2CCC(O)C(C(=O)Cc3cc(Cl)c(N)c(Cl)c3)C2)cc1. The second kappa shape index (κ2) is 9.48. The molecule has 0 spiro atoms. The highest BCUT2D eigenvalue weighted by atomic mass is 35.5. The fourth-order valence-corrected chi connectivity index (χ4v) is 4.67. The molecule has 1 saturated carbocycles. The fourth-order valence-electron chi connectivity index (χ4n) is 4.13. The molecule has 0 aliphatic heterocycles. The molecule has 2 aromatic rings. The third kappa shape index (κ3) is 5.52. The summed E-state index contributed by atoms with van der Waals surface area (Å²) in [7, 11) is 4.10. The Hall–Kier alpha value is -1.59. The molecule has 3 N–H and O–H groups in total. The van der Waals surface area contributed by atoms with E-state index in [1.165, 1.54) is 11.1 Å². The number of carbonyl (C=O) groups excluding carboxylic acids is 1. The number of carbonyl (C=O) groups is 1. The van der Waals surface area contributed by atoms with Crippen molar-refractivity contribution in [2.75, 3.05) is 19.8 Å². The van der Waals surface area contributed by atoms with E-state index >= 15 is 0 Å². The topological polar surface area (TPSA) is 66.6 Å². The van der Waals surface area contributed by atoms with Crippen LogP contribution < -0.4 is 5.73 Å². The van der Waals surface area contributed by atoms with Crippen LogP contribution in [0.4, 0.5) is 5.69 Å². The van der Waals surface area contributed by atoms with E-state index in [2.05, 4.69) is 29.2 Å². The minimum atomic E-state index is -0.605. The third-order valence-corrected chi connectivity index (χ3v) is 6.32. The molecule has 0 amide bonds. The van der Waals surface area contributed by atoms with Gasteiger partial charge in [-0.15, -0.1) is 0 Å². The quantitative estimate of drug-likeness (QED) is 0.646. The van der Waals surface area contributed by atoms with Gasteiger partial charge in [-0.1, -0.05) is 47.5 Å². The number of anilines is 1. The maximum Gasteiger partial charge on any atom is 0.142 e. The van der Waals surface area contributed by atoms with Gasteiger partial charge in [-0.3, -0.25) is 4.79 Å². The van der Waals surface area contributed by atoms with Crippen LogP contribution in [0, 0.1) is 5.92 Å². The summed E-state index contributed by atoms with van der Waals surface area (Å²) < 4.78 is 0. The molecule has 0 bridgehead atoms. The van der Waals surface area contributed by atoms with Crippen LogP contribution >= 0.6 is 23.2 Å². The zero-order valence-electron chi connectivity index (χ0n) is 16.9. The second-order valence-corrected chi connectivity index (χ2v) is 9.09. The van der Waals surface area contributed by atoms with Gasteiger partial charge in [0.25, 0.3) is 0 Å². The molecule has 1 aliphatic rings. The predicted octanol–water partition coefficient (Wildman–Crippen LogP) is 4.69. The highest BCUT2D eigenvalue weighted by Gasteiger charge is 2.34. The van der Waals surface area contributed by atoms with Crippen molar-refractivity contribution in [2.45, 2.75) is 44.2 Å². The highest BCUT2D eigenvalue weighted by molar-refractivity contribution is 6.38. The van der Waals surface area contributed by atoms with Gasteiger partial charge in [0.05, 0.1) is 21.8 Å². The largest absolute Gasteiger partial charge is 0.396 e. The van der Waals surface area contributed by atoms with Crippen LogP contribution in [0.1, 0.15) is 41.9 Å². The van der Waals surface area contributed by atoms with E-state index in [-0.39, 0.29) is 24.0 Å². The van der Waals surface area contributed by atoms with Gasteiger partial charge in [0.1, 0.15) is 5.78 Å². The number of aliphatic hydroxyl groups is 1. The predicted molar refractivity (Wildman–Crippen MR) is 120 cm³/mol. The molecule has 3 unspecified atom stereocenters. The molecular weight excluding hydrogens is 407 g/mol. The molecule has 0 saturated heterocycles. The van der Waals surface area contributed by atoms with Crippen LogP contribution in [0.2, 0.25) is 10.0 Å². The molecule has 1 fully saturated rings. The maximum absolute atomic E-state index is 13.0. The molecule has 3 rings (SSSR count). The molecule has 0 radical (unpaired) electrons. The summed E-state index contributed by atoms with van der Waals surface area (Å²) in [6, 6.07) is 12.0. The van der Waals surface area contributed by atoms with E-state index in [9.17, 15) is 9.90 Å². The summed E-state index contributed by atoms with van der Waals surface area (Å²) in [6.07, 6.45) is 1.76. The number of Topliss-reactive ketones (excluding diaryl/α,β-unsaturated/α-hetero) is 1. The molecule has 0 aromatic heterocycles. The number of nitrogen functional groups attached to an aromatic ring is 1. The first-order chi connectivity index (χ1) is 13.7. The van der Waals surface area contributed by atoms with E-state index in [4.69, 9.17) is 28.9 Å². The first kappa shape index (κ1) is 22.1. The number of ketones is 1. The van der Waals surface area contributed by atoms with Crippen LogP contribution in [0.25, 0.3) is 0 Å². The number of halogens is 2. The van der Waals surface area contributed by atoms with Crippen molar-refractivity contribution in [1.29, 1.82) is 0 Å². The summed E-state index contributed by atoms with van der Waals surface area (Å²) in [5.41, 5.74) is 9.31. The Morgan fingerprint density at radius 1 is 1.10 bits per heavy atom. The van der Waals surface area contributed by atoms with Crippen LogP contribution in [0.15, 0.2) is 36.4 Å². The number of aliphatic hydroxyl groups excluding tert-OH is 1. The minimum absolute atomic E-state index is 0.0170. The number of benzene rings is 2. The van der Waals surface area contributed by atoms with Crippen LogP contribution in [-0.2, 0) is 17.8 Å². The summed E-state index contributed by atoms with van der Waals surface area (Å²) in [4.78, 5) is 15.1. The molecule has 2 aromatic carbocycles. The summed E-state index contributed by atoms with van der Waals surface area (Å²) in [5, 5.41) is 11.2. The normalized spacial score (nSPS) is 22.1. The zero-order chi connectivity index (χ0) is 21.1. The second-order valence-electron chi connectivity index (χ2n) is 8.28. The Morgan fingerprint density at radius 2 is 1.72 bits per heavy atom. The van der Waals surface area contributed by atoms with Crippen LogP contribution in [0.5, 0.6) is 0 Å². The van der Waals surface area contributed by atoms with Gasteiger partial charge >= 0.3 is 0 Å². The van der Waals surface area contributed by atoms with Gasteiger partial charge in [-0.2, -0.15) is 0 Å². The molecule has 3 atom stereocenters. The molecule has 6 heteroatoms. The monoisotopic (exact) mass is 434 g/mol. The molecule has 156 valence electrons. The first-order valence-corrected chi connectivity index (χ1v) is 10.7. The number of rotatable bonds is 6. The highest BCUT2D eigenvalue weighted by Crippen LogP contribution is 2.38. The smallest absolute Gasteiger partial charge is 0.142 e. The van der Waals surface area contributed by atoms with Gasteiger partial charge in [0.2, 0.25) is 0 Å². The third-order valence-electron chi connectivity index (χ3n) is 5.69. The zero-order valence-corrected chi connectivity index (χ0v) is 18.4. The van der Waals surface area contributed by atoms with Crippen molar-refractivity contribution in [3.8, 4) is 0 Å². The Balaban J connectivity index is 1.70. The van der Waals surface area contributed by atoms with Gasteiger partial charge < -0.3 is 15.7 Å². The lowest BCUT2D eigenvalue weighted by atomic mass is 9.74. The molecule has 4 nitrogen and oxygen atoms in total. The van der Waals surface area contributed by atoms with Gasteiger partial charge in [0.15, 0.2) is 0 Å². The van der Waals surface area contributed by atoms with Crippen molar-refractivity contribution < 1.29 is 9.90 Å². The number of hydrogen-bond donors (Lipinski definition) is 2. The molecule has 1 aliphatic carbocycles. The van der Waals surface area contributed by atoms with Crippen molar-refractivity contribution >= 4 is 34.7 Å². The van der Waals surface area contributed by atoms with E-state index < -0.39 is 6.10 Å². The van der Waals surface area contributed by atoms with Gasteiger partial charge in [0, 0.05) is 18.9 Å².